The third-order valence-electron chi connectivity index (χ3n) is 5.43. The van der Waals surface area contributed by atoms with Gasteiger partial charge in [0.15, 0.2) is 5.76 Å². The van der Waals surface area contributed by atoms with Gasteiger partial charge in [-0.05, 0) is 49.2 Å². The molecule has 29 heavy (non-hydrogen) atoms. The van der Waals surface area contributed by atoms with Crippen LogP contribution in [0.3, 0.4) is 0 Å². The fourth-order valence-corrected chi connectivity index (χ4v) is 4.11. The number of furan rings is 1. The van der Waals surface area contributed by atoms with Crippen LogP contribution in [-0.4, -0.2) is 17.9 Å². The average Bonchev–Trinajstić information content (AvgIpc) is 3.29. The second-order valence-corrected chi connectivity index (χ2v) is 7.26. The molecular weight excluding hydrogens is 364 g/mol. The van der Waals surface area contributed by atoms with Crippen LogP contribution >= 0.6 is 0 Å². The smallest absolute Gasteiger partial charge is 0.294 e. The first kappa shape index (κ1) is 19.0. The van der Waals surface area contributed by atoms with Crippen LogP contribution in [0.1, 0.15) is 48.8 Å². The molecule has 0 spiro atoms. The van der Waals surface area contributed by atoms with E-state index in [2.05, 4.69) is 0 Å². The highest BCUT2D eigenvalue weighted by Gasteiger charge is 2.38. The number of rotatable bonds is 4. The Morgan fingerprint density at radius 1 is 1.03 bits per heavy atom. The maximum absolute atomic E-state index is 13.1. The molecule has 0 aliphatic carbocycles. The number of anilines is 2. The zero-order valence-electron chi connectivity index (χ0n) is 16.6. The van der Waals surface area contributed by atoms with E-state index in [1.165, 1.54) is 6.26 Å². The summed E-state index contributed by atoms with van der Waals surface area (Å²) in [6, 6.07) is 20.7. The lowest BCUT2D eigenvalue weighted by Gasteiger charge is -2.43. The topological polar surface area (TPSA) is 53.8 Å². The Kier molecular flexibility index (Phi) is 5.21. The van der Waals surface area contributed by atoms with Crippen LogP contribution in [0.15, 0.2) is 77.4 Å². The molecule has 1 aliphatic rings. The number of carbonyl (C=O) groups excluding carboxylic acids is 2. The molecule has 0 saturated heterocycles. The third-order valence-corrected chi connectivity index (χ3v) is 5.43. The molecule has 0 saturated carbocycles. The van der Waals surface area contributed by atoms with E-state index in [1.807, 2.05) is 73.3 Å². The fraction of sp³-hybridized carbons (Fsp3) is 0.250. The molecule has 2 atom stereocenters. The lowest BCUT2D eigenvalue weighted by molar-refractivity contribution is -0.118. The first-order chi connectivity index (χ1) is 14.1. The lowest BCUT2D eigenvalue weighted by atomic mass is 9.89. The Morgan fingerprint density at radius 2 is 1.76 bits per heavy atom. The van der Waals surface area contributed by atoms with E-state index in [4.69, 9.17) is 4.42 Å². The van der Waals surface area contributed by atoms with Gasteiger partial charge in [0, 0.05) is 23.8 Å². The van der Waals surface area contributed by atoms with Gasteiger partial charge in [-0.1, -0.05) is 43.3 Å². The average molecular weight is 388 g/mol. The minimum Gasteiger partial charge on any atom is -0.459 e. The van der Waals surface area contributed by atoms with Gasteiger partial charge in [-0.25, -0.2) is 0 Å². The van der Waals surface area contributed by atoms with Gasteiger partial charge >= 0.3 is 0 Å². The minimum absolute atomic E-state index is 0.0639. The van der Waals surface area contributed by atoms with Crippen LogP contribution < -0.4 is 9.80 Å². The Bertz CT molecular complexity index is 998. The SMILES string of the molecule is CCC(=O)N(c1ccccc1)[C@H]1C[C@@H](C)N(C(=O)c2ccco2)c2ccccc21. The Hall–Kier alpha value is -3.34. The summed E-state index contributed by atoms with van der Waals surface area (Å²) >= 11 is 0. The quantitative estimate of drug-likeness (QED) is 0.617. The number of amides is 2. The van der Waals surface area contributed by atoms with Crippen LogP contribution in [0.2, 0.25) is 0 Å². The Labute approximate surface area is 170 Å². The van der Waals surface area contributed by atoms with Gasteiger partial charge in [0.2, 0.25) is 5.91 Å². The predicted octanol–water partition coefficient (Wildman–Crippen LogP) is 5.20. The summed E-state index contributed by atoms with van der Waals surface area (Å²) in [4.78, 5) is 29.7. The van der Waals surface area contributed by atoms with E-state index >= 15 is 0 Å². The van der Waals surface area contributed by atoms with Crippen molar-refractivity contribution in [2.45, 2.75) is 38.8 Å². The van der Waals surface area contributed by atoms with E-state index in [1.54, 1.807) is 17.0 Å². The summed E-state index contributed by atoms with van der Waals surface area (Å²) < 4.78 is 5.36. The summed E-state index contributed by atoms with van der Waals surface area (Å²) in [6.07, 6.45) is 2.56. The van der Waals surface area contributed by atoms with Crippen molar-refractivity contribution in [2.24, 2.45) is 0 Å². The molecule has 0 bridgehead atoms. The van der Waals surface area contributed by atoms with Crippen LogP contribution in [0.4, 0.5) is 11.4 Å². The van der Waals surface area contributed by atoms with Crippen molar-refractivity contribution in [3.8, 4) is 0 Å². The highest BCUT2D eigenvalue weighted by molar-refractivity contribution is 6.06. The van der Waals surface area contributed by atoms with E-state index < -0.39 is 0 Å². The first-order valence-corrected chi connectivity index (χ1v) is 9.95. The molecule has 2 heterocycles. The van der Waals surface area contributed by atoms with Gasteiger partial charge in [-0.3, -0.25) is 9.59 Å². The number of hydrogen-bond donors (Lipinski definition) is 0. The maximum Gasteiger partial charge on any atom is 0.294 e. The molecule has 1 aliphatic heterocycles. The Balaban J connectivity index is 1.80. The van der Waals surface area contributed by atoms with Crippen LogP contribution in [-0.2, 0) is 4.79 Å². The fourth-order valence-electron chi connectivity index (χ4n) is 4.11. The van der Waals surface area contributed by atoms with Crippen LogP contribution in [0.5, 0.6) is 0 Å². The highest BCUT2D eigenvalue weighted by Crippen LogP contribution is 2.42. The molecule has 2 aromatic carbocycles. The molecule has 5 nitrogen and oxygen atoms in total. The van der Waals surface area contributed by atoms with Crippen molar-refractivity contribution < 1.29 is 14.0 Å². The largest absolute Gasteiger partial charge is 0.459 e. The van der Waals surface area contributed by atoms with Crippen molar-refractivity contribution in [1.29, 1.82) is 0 Å². The Morgan fingerprint density at radius 3 is 2.45 bits per heavy atom. The number of carbonyl (C=O) groups is 2. The molecule has 0 unspecified atom stereocenters. The second kappa shape index (κ2) is 7.95. The molecular formula is C24H24N2O3. The number of fused-ring (bicyclic) bond motifs is 1. The molecule has 3 aromatic rings. The molecule has 2 amide bonds. The van der Waals surface area contributed by atoms with Crippen molar-refractivity contribution in [2.75, 3.05) is 9.80 Å². The van der Waals surface area contributed by atoms with E-state index in [-0.39, 0.29) is 23.9 Å². The van der Waals surface area contributed by atoms with Crippen molar-refractivity contribution in [3.05, 3.63) is 84.3 Å². The monoisotopic (exact) mass is 388 g/mol. The molecule has 0 N–H and O–H groups in total. The number of hydrogen-bond acceptors (Lipinski definition) is 3. The lowest BCUT2D eigenvalue weighted by Crippen LogP contribution is -2.47. The minimum atomic E-state index is -0.165. The summed E-state index contributed by atoms with van der Waals surface area (Å²) in [5.74, 6) is 0.213. The summed E-state index contributed by atoms with van der Waals surface area (Å²) in [5, 5.41) is 0. The zero-order valence-corrected chi connectivity index (χ0v) is 16.6. The van der Waals surface area contributed by atoms with Gasteiger partial charge in [0.05, 0.1) is 12.3 Å². The summed E-state index contributed by atoms with van der Waals surface area (Å²) in [6.45, 7) is 3.90. The molecule has 148 valence electrons. The zero-order chi connectivity index (χ0) is 20.4. The highest BCUT2D eigenvalue weighted by atomic mass is 16.3. The standard InChI is InChI=1S/C24H24N2O3/c1-3-23(27)26(18-10-5-4-6-11-18)21-16-17(2)25(20-13-8-7-12-19(20)21)24(28)22-14-9-15-29-22/h4-15,17,21H,3,16H2,1-2H3/t17-,21+/m1/s1. The van der Waals surface area contributed by atoms with E-state index in [0.29, 0.717) is 18.6 Å². The summed E-state index contributed by atoms with van der Waals surface area (Å²) in [5.41, 5.74) is 2.66. The van der Waals surface area contributed by atoms with Gasteiger partial charge in [0.1, 0.15) is 0 Å². The van der Waals surface area contributed by atoms with Crippen molar-refractivity contribution in [1.82, 2.24) is 0 Å². The third kappa shape index (κ3) is 3.44. The van der Waals surface area contributed by atoms with E-state index in [9.17, 15) is 9.59 Å². The van der Waals surface area contributed by atoms with Crippen molar-refractivity contribution >= 4 is 23.2 Å². The first-order valence-electron chi connectivity index (χ1n) is 9.95. The van der Waals surface area contributed by atoms with Gasteiger partial charge < -0.3 is 14.2 Å². The number of para-hydroxylation sites is 2. The summed E-state index contributed by atoms with van der Waals surface area (Å²) in [7, 11) is 0. The predicted molar refractivity (Wildman–Crippen MR) is 113 cm³/mol. The molecule has 0 radical (unpaired) electrons. The molecule has 5 heteroatoms. The molecule has 1 aromatic heterocycles. The van der Waals surface area contributed by atoms with Crippen molar-refractivity contribution in [3.63, 3.8) is 0 Å². The van der Waals surface area contributed by atoms with Gasteiger partial charge in [-0.15, -0.1) is 0 Å². The van der Waals surface area contributed by atoms with Crippen LogP contribution in [0, 0.1) is 0 Å². The maximum atomic E-state index is 13.1. The second-order valence-electron chi connectivity index (χ2n) is 7.26. The molecule has 4 rings (SSSR count). The van der Waals surface area contributed by atoms with E-state index in [0.717, 1.165) is 16.9 Å². The number of nitrogens with zero attached hydrogens (tertiary/aromatic N) is 2. The number of benzene rings is 2. The van der Waals surface area contributed by atoms with Crippen LogP contribution in [0.25, 0.3) is 0 Å². The normalized spacial score (nSPS) is 18.2. The van der Waals surface area contributed by atoms with Gasteiger partial charge in [-0.2, -0.15) is 0 Å². The van der Waals surface area contributed by atoms with Gasteiger partial charge in [0.25, 0.3) is 5.91 Å². The molecule has 0 fully saturated rings.